The van der Waals surface area contributed by atoms with Crippen LogP contribution in [0.4, 0.5) is 4.79 Å². The lowest BCUT2D eigenvalue weighted by Crippen LogP contribution is -2.56. The Balaban J connectivity index is 1.50. The number of hydrogen-bond acceptors (Lipinski definition) is 6. The molecule has 0 aliphatic carbocycles. The van der Waals surface area contributed by atoms with Gasteiger partial charge in [0.2, 0.25) is 5.91 Å². The molecule has 1 unspecified atom stereocenters. The van der Waals surface area contributed by atoms with Crippen LogP contribution in [0.3, 0.4) is 0 Å². The molecule has 2 heterocycles. The lowest BCUT2D eigenvalue weighted by atomic mass is 10.0. The van der Waals surface area contributed by atoms with E-state index in [1.54, 1.807) is 24.3 Å². The Hall–Kier alpha value is -2.36. The van der Waals surface area contributed by atoms with Crippen molar-refractivity contribution >= 4 is 12.0 Å². The highest BCUT2D eigenvalue weighted by atomic mass is 16.7. The third kappa shape index (κ3) is 5.57. The molecule has 3 N–H and O–H groups in total. The van der Waals surface area contributed by atoms with Gasteiger partial charge in [-0.1, -0.05) is 12.1 Å². The Morgan fingerprint density at radius 1 is 1.21 bits per heavy atom. The van der Waals surface area contributed by atoms with Gasteiger partial charge in [0.25, 0.3) is 0 Å². The van der Waals surface area contributed by atoms with E-state index in [9.17, 15) is 14.7 Å². The Morgan fingerprint density at radius 2 is 1.96 bits per heavy atom. The molecule has 2 fully saturated rings. The Morgan fingerprint density at radius 3 is 2.57 bits per heavy atom. The molecule has 2 amide bonds. The molecule has 2 aliphatic rings. The van der Waals surface area contributed by atoms with Gasteiger partial charge >= 0.3 is 6.09 Å². The number of ether oxygens (including phenoxy) is 3. The maximum Gasteiger partial charge on any atom is 0.405 e. The molecule has 154 valence electrons. The molecule has 0 aromatic heterocycles. The van der Waals surface area contributed by atoms with E-state index in [0.717, 1.165) is 25.9 Å². The van der Waals surface area contributed by atoms with Gasteiger partial charge in [0, 0.05) is 19.7 Å². The summed E-state index contributed by atoms with van der Waals surface area (Å²) in [6.07, 6.45) is 1.07. The first-order valence-corrected chi connectivity index (χ1v) is 9.45. The molecule has 9 heteroatoms. The number of nitrogens with zero attached hydrogens (tertiary/aromatic N) is 1. The normalized spacial score (nSPS) is 20.9. The van der Waals surface area contributed by atoms with Crippen LogP contribution in [-0.4, -0.2) is 72.4 Å². The van der Waals surface area contributed by atoms with Crippen molar-refractivity contribution in [2.24, 2.45) is 0 Å². The minimum atomic E-state index is -1.29. The molecule has 0 radical (unpaired) electrons. The third-order valence-corrected chi connectivity index (χ3v) is 4.70. The molecule has 9 nitrogen and oxygen atoms in total. The first-order valence-electron chi connectivity index (χ1n) is 9.45. The smallest absolute Gasteiger partial charge is 0.405 e. The van der Waals surface area contributed by atoms with E-state index in [-0.39, 0.29) is 25.3 Å². The van der Waals surface area contributed by atoms with Crippen LogP contribution >= 0.6 is 0 Å². The molecular formula is C19H26N2O7. The fourth-order valence-corrected chi connectivity index (χ4v) is 3.17. The van der Waals surface area contributed by atoms with E-state index in [1.807, 2.05) is 0 Å². The second-order valence-corrected chi connectivity index (χ2v) is 6.86. The SMILES string of the molecule is O=C(O)N[C@H](C(=O)N1CC(O)C1)c1ccc(OCCOC2CCCCO2)cc1. The molecule has 0 bridgehead atoms. The summed E-state index contributed by atoms with van der Waals surface area (Å²) in [5.41, 5.74) is 0.507. The number of carbonyl (C=O) groups excluding carboxylic acids is 1. The third-order valence-electron chi connectivity index (χ3n) is 4.70. The number of amides is 2. The lowest BCUT2D eigenvalue weighted by molar-refractivity contribution is -0.165. The van der Waals surface area contributed by atoms with Gasteiger partial charge in [0.1, 0.15) is 18.4 Å². The van der Waals surface area contributed by atoms with Crippen molar-refractivity contribution in [3.8, 4) is 5.75 Å². The van der Waals surface area contributed by atoms with Crippen LogP contribution in [0.15, 0.2) is 24.3 Å². The summed E-state index contributed by atoms with van der Waals surface area (Å²) in [4.78, 5) is 25.0. The van der Waals surface area contributed by atoms with Crippen LogP contribution < -0.4 is 10.1 Å². The number of carboxylic acid groups (broad SMARTS) is 1. The van der Waals surface area contributed by atoms with Crippen molar-refractivity contribution in [2.75, 3.05) is 32.9 Å². The Kier molecular flexibility index (Phi) is 7.07. The fraction of sp³-hybridized carbons (Fsp3) is 0.579. The second kappa shape index (κ2) is 9.72. The van der Waals surface area contributed by atoms with Crippen LogP contribution in [-0.2, 0) is 14.3 Å². The van der Waals surface area contributed by atoms with Gasteiger partial charge < -0.3 is 34.6 Å². The largest absolute Gasteiger partial charge is 0.491 e. The molecular weight excluding hydrogens is 368 g/mol. The van der Waals surface area contributed by atoms with Crippen LogP contribution in [0, 0.1) is 0 Å². The Bertz CT molecular complexity index is 655. The number of likely N-dealkylation sites (tertiary alicyclic amines) is 1. The van der Waals surface area contributed by atoms with Crippen LogP contribution in [0.5, 0.6) is 5.75 Å². The zero-order chi connectivity index (χ0) is 19.9. The summed E-state index contributed by atoms with van der Waals surface area (Å²) < 4.78 is 16.7. The van der Waals surface area contributed by atoms with E-state index in [2.05, 4.69) is 5.32 Å². The minimum absolute atomic E-state index is 0.159. The maximum absolute atomic E-state index is 12.5. The van der Waals surface area contributed by atoms with Gasteiger partial charge in [-0.2, -0.15) is 0 Å². The van der Waals surface area contributed by atoms with Crippen LogP contribution in [0.1, 0.15) is 30.9 Å². The van der Waals surface area contributed by atoms with E-state index < -0.39 is 18.2 Å². The summed E-state index contributed by atoms with van der Waals surface area (Å²) in [5, 5.41) is 20.6. The van der Waals surface area contributed by atoms with Crippen molar-refractivity contribution in [3.05, 3.63) is 29.8 Å². The molecule has 2 atom stereocenters. The highest BCUT2D eigenvalue weighted by Gasteiger charge is 2.34. The number of benzene rings is 1. The van der Waals surface area contributed by atoms with E-state index in [1.165, 1.54) is 4.90 Å². The van der Waals surface area contributed by atoms with E-state index in [0.29, 0.717) is 24.5 Å². The molecule has 2 aliphatic heterocycles. The van der Waals surface area contributed by atoms with Crippen molar-refractivity contribution in [1.82, 2.24) is 10.2 Å². The van der Waals surface area contributed by atoms with E-state index in [4.69, 9.17) is 19.3 Å². The number of carbonyl (C=O) groups is 2. The summed E-state index contributed by atoms with van der Waals surface area (Å²) in [5.74, 6) is 0.208. The average molecular weight is 394 g/mol. The van der Waals surface area contributed by atoms with Crippen LogP contribution in [0.25, 0.3) is 0 Å². The summed E-state index contributed by atoms with van der Waals surface area (Å²) in [7, 11) is 0. The molecule has 1 aromatic carbocycles. The zero-order valence-electron chi connectivity index (χ0n) is 15.6. The zero-order valence-corrected chi connectivity index (χ0v) is 15.6. The fourth-order valence-electron chi connectivity index (χ4n) is 3.17. The van der Waals surface area contributed by atoms with Gasteiger partial charge in [0.15, 0.2) is 6.29 Å². The predicted octanol–water partition coefficient (Wildman–Crippen LogP) is 1.12. The van der Waals surface area contributed by atoms with Gasteiger partial charge in [-0.3, -0.25) is 4.79 Å². The minimum Gasteiger partial charge on any atom is -0.491 e. The van der Waals surface area contributed by atoms with Crippen molar-refractivity contribution in [2.45, 2.75) is 37.7 Å². The quantitative estimate of drug-likeness (QED) is 0.566. The number of nitrogens with one attached hydrogen (secondary N) is 1. The number of β-amino-alcohol motifs (C(OH)–C–C–N with tert-alkyl or cyclic N) is 1. The maximum atomic E-state index is 12.5. The second-order valence-electron chi connectivity index (χ2n) is 6.86. The number of rotatable bonds is 8. The lowest BCUT2D eigenvalue weighted by Gasteiger charge is -2.38. The number of aliphatic hydroxyl groups is 1. The highest BCUT2D eigenvalue weighted by molar-refractivity contribution is 5.87. The summed E-state index contributed by atoms with van der Waals surface area (Å²) in [6.45, 7) is 1.92. The highest BCUT2D eigenvalue weighted by Crippen LogP contribution is 2.22. The first-order chi connectivity index (χ1) is 13.5. The molecule has 0 saturated carbocycles. The monoisotopic (exact) mass is 394 g/mol. The summed E-state index contributed by atoms with van der Waals surface area (Å²) >= 11 is 0. The summed E-state index contributed by atoms with van der Waals surface area (Å²) in [6, 6.07) is 5.64. The van der Waals surface area contributed by atoms with Gasteiger partial charge in [-0.15, -0.1) is 0 Å². The van der Waals surface area contributed by atoms with Crippen molar-refractivity contribution in [1.29, 1.82) is 0 Å². The molecule has 2 saturated heterocycles. The van der Waals surface area contributed by atoms with E-state index >= 15 is 0 Å². The topological polar surface area (TPSA) is 118 Å². The van der Waals surface area contributed by atoms with Gasteiger partial charge in [0.05, 0.1) is 12.7 Å². The predicted molar refractivity (Wildman–Crippen MR) is 98.0 cm³/mol. The van der Waals surface area contributed by atoms with Gasteiger partial charge in [-0.05, 0) is 37.0 Å². The number of aliphatic hydroxyl groups excluding tert-OH is 1. The van der Waals surface area contributed by atoms with Crippen molar-refractivity contribution in [3.63, 3.8) is 0 Å². The molecule has 28 heavy (non-hydrogen) atoms. The standard InChI is InChI=1S/C19H26N2O7/c22-14-11-21(12-14)18(23)17(20-19(24)25)13-4-6-15(7-5-13)26-9-10-28-16-3-1-2-8-27-16/h4-7,14,16-17,20,22H,1-3,8-12H2,(H,24,25)/t16?,17-/m0/s1. The molecule has 3 rings (SSSR count). The average Bonchev–Trinajstić information content (AvgIpc) is 2.68. The molecule has 0 spiro atoms. The van der Waals surface area contributed by atoms with Crippen LogP contribution in [0.2, 0.25) is 0 Å². The van der Waals surface area contributed by atoms with Gasteiger partial charge in [-0.25, -0.2) is 4.79 Å². The number of hydrogen-bond donors (Lipinski definition) is 3. The first kappa shape index (κ1) is 20.4. The van der Waals surface area contributed by atoms with Crippen molar-refractivity contribution < 1.29 is 34.0 Å². The molecule has 1 aromatic rings. The Labute approximate surface area is 163 Å².